The Morgan fingerprint density at radius 1 is 1.33 bits per heavy atom. The molecule has 0 aliphatic rings. The fraction of sp³-hybridized carbons (Fsp3) is 0.857. The number of hydrogen-bond acceptors (Lipinski definition) is 4. The Hall–Kier alpha value is -0.0600. The van der Waals surface area contributed by atoms with Crippen molar-refractivity contribution in [2.75, 3.05) is 33.9 Å². The molecule has 0 aromatic heterocycles. The van der Waals surface area contributed by atoms with E-state index < -0.39 is 0 Å². The molecule has 0 aromatic carbocycles. The largest absolute Gasteiger partial charge is 0.457 e. The predicted molar refractivity (Wildman–Crippen MR) is 56.0 cm³/mol. The average molecular weight is 214 g/mol. The molecule has 0 amide bonds. The van der Waals surface area contributed by atoms with E-state index in [1.54, 1.807) is 0 Å². The highest BCUT2D eigenvalue weighted by molar-refractivity contribution is 7.79. The van der Waals surface area contributed by atoms with E-state index >= 15 is 0 Å². The summed E-state index contributed by atoms with van der Waals surface area (Å²) in [5.41, 5.74) is 0. The Morgan fingerprint density at radius 3 is 2.33 bits per heavy atom. The molecule has 0 spiro atoms. The van der Waals surface area contributed by atoms with Gasteiger partial charge >= 0.3 is 5.24 Å². The summed E-state index contributed by atoms with van der Waals surface area (Å²) >= 11 is 4.74. The molecule has 0 heterocycles. The average Bonchev–Trinajstić information content (AvgIpc) is 1.87. The van der Waals surface area contributed by atoms with E-state index in [0.29, 0.717) is 13.2 Å². The van der Waals surface area contributed by atoms with Crippen molar-refractivity contribution in [2.24, 2.45) is 0 Å². The first-order valence-electron chi connectivity index (χ1n) is 3.61. The molecule has 0 fully saturated rings. The van der Waals surface area contributed by atoms with E-state index in [9.17, 15) is 0 Å². The Kier molecular flexibility index (Phi) is 10.9. The molecule has 0 saturated carbocycles. The minimum absolute atomic E-state index is 0. The van der Waals surface area contributed by atoms with E-state index in [0.717, 1.165) is 6.54 Å². The summed E-state index contributed by atoms with van der Waals surface area (Å²) in [7, 11) is 3.96. The molecule has 0 aromatic rings. The summed E-state index contributed by atoms with van der Waals surface area (Å²) in [4.78, 5) is 2.02. The normalized spacial score (nSPS) is 9.00. The number of hydrogen-bond donors (Lipinski definition) is 0. The molecule has 74 valence electrons. The second kappa shape index (κ2) is 9.03. The van der Waals surface area contributed by atoms with Crippen LogP contribution in [0.4, 0.5) is 0 Å². The van der Waals surface area contributed by atoms with Crippen LogP contribution in [0.2, 0.25) is 0 Å². The molecule has 0 aliphatic carbocycles. The molecular formula is C7H16ClNO2S. The molecule has 0 bridgehead atoms. The molecule has 0 unspecified atom stereocenters. The zero-order valence-corrected chi connectivity index (χ0v) is 9.33. The molecule has 0 saturated heterocycles. The van der Waals surface area contributed by atoms with Crippen LogP contribution in [0.15, 0.2) is 0 Å². The first-order valence-corrected chi connectivity index (χ1v) is 4.02. The first-order chi connectivity index (χ1) is 5.16. The van der Waals surface area contributed by atoms with E-state index in [2.05, 4.69) is 0 Å². The van der Waals surface area contributed by atoms with Gasteiger partial charge < -0.3 is 14.4 Å². The first kappa shape index (κ1) is 14.5. The van der Waals surface area contributed by atoms with Crippen LogP contribution in [0.3, 0.4) is 0 Å². The molecule has 12 heavy (non-hydrogen) atoms. The van der Waals surface area contributed by atoms with Crippen LogP contribution in [0.1, 0.15) is 6.92 Å². The van der Waals surface area contributed by atoms with Gasteiger partial charge in [-0.05, 0) is 21.0 Å². The molecule has 0 atom stereocenters. The standard InChI is InChI=1S/C7H15NO2S.ClH/c1-4-9-7(11)10-6-5-8(2)3;/h4-6H2,1-3H3;1H. The van der Waals surface area contributed by atoms with Crippen LogP contribution in [0.25, 0.3) is 0 Å². The molecule has 0 rings (SSSR count). The Bertz CT molecular complexity index is 122. The lowest BCUT2D eigenvalue weighted by Crippen LogP contribution is -2.20. The zero-order chi connectivity index (χ0) is 8.69. The lowest BCUT2D eigenvalue weighted by Gasteiger charge is -2.10. The maximum atomic E-state index is 5.06. The predicted octanol–water partition coefficient (Wildman–Crippen LogP) is 1.31. The highest BCUT2D eigenvalue weighted by Crippen LogP contribution is 1.86. The van der Waals surface area contributed by atoms with Crippen LogP contribution < -0.4 is 0 Å². The maximum Gasteiger partial charge on any atom is 0.352 e. The van der Waals surface area contributed by atoms with Crippen molar-refractivity contribution < 1.29 is 9.47 Å². The van der Waals surface area contributed by atoms with E-state index in [1.807, 2.05) is 25.9 Å². The number of likely N-dealkylation sites (N-methyl/N-ethyl adjacent to an activating group) is 1. The van der Waals surface area contributed by atoms with Gasteiger partial charge in [-0.1, -0.05) is 0 Å². The fourth-order valence-corrected chi connectivity index (χ4v) is 0.672. The van der Waals surface area contributed by atoms with Crippen molar-refractivity contribution in [2.45, 2.75) is 6.92 Å². The SMILES string of the molecule is CCOC(=S)OCCN(C)C.Cl. The number of thiocarbonyl (C=S) groups is 1. The number of rotatable bonds is 4. The van der Waals surface area contributed by atoms with Gasteiger partial charge in [0.15, 0.2) is 0 Å². The van der Waals surface area contributed by atoms with Gasteiger partial charge in [-0.15, -0.1) is 12.4 Å². The second-order valence-corrected chi connectivity index (χ2v) is 2.67. The summed E-state index contributed by atoms with van der Waals surface area (Å²) in [5, 5.41) is 0.245. The summed E-state index contributed by atoms with van der Waals surface area (Å²) < 4.78 is 9.98. The summed E-state index contributed by atoms with van der Waals surface area (Å²) in [5.74, 6) is 0. The highest BCUT2D eigenvalue weighted by atomic mass is 35.5. The molecule has 5 heteroatoms. The van der Waals surface area contributed by atoms with Gasteiger partial charge in [0.05, 0.1) is 6.61 Å². The van der Waals surface area contributed by atoms with Gasteiger partial charge in [-0.2, -0.15) is 0 Å². The third-order valence-electron chi connectivity index (χ3n) is 1.02. The fourth-order valence-electron chi connectivity index (χ4n) is 0.471. The summed E-state index contributed by atoms with van der Waals surface area (Å²) in [6, 6.07) is 0. The van der Waals surface area contributed by atoms with Crippen LogP contribution in [0.5, 0.6) is 0 Å². The zero-order valence-electron chi connectivity index (χ0n) is 7.70. The Labute approximate surface area is 85.4 Å². The third-order valence-corrected chi connectivity index (χ3v) is 1.26. The van der Waals surface area contributed by atoms with Gasteiger partial charge in [0.25, 0.3) is 0 Å². The van der Waals surface area contributed by atoms with E-state index in [4.69, 9.17) is 21.7 Å². The lowest BCUT2D eigenvalue weighted by molar-refractivity contribution is 0.170. The van der Waals surface area contributed by atoms with Crippen LogP contribution >= 0.6 is 24.6 Å². The van der Waals surface area contributed by atoms with Crippen molar-refractivity contribution >= 4 is 29.9 Å². The molecule has 0 aliphatic heterocycles. The van der Waals surface area contributed by atoms with Crippen molar-refractivity contribution in [1.29, 1.82) is 0 Å². The topological polar surface area (TPSA) is 21.7 Å². The summed E-state index contributed by atoms with van der Waals surface area (Å²) in [6.45, 7) is 3.89. The molecule has 3 nitrogen and oxygen atoms in total. The van der Waals surface area contributed by atoms with Crippen molar-refractivity contribution in [3.63, 3.8) is 0 Å². The van der Waals surface area contributed by atoms with E-state index in [-0.39, 0.29) is 17.6 Å². The Morgan fingerprint density at radius 2 is 1.92 bits per heavy atom. The molecule has 0 radical (unpaired) electrons. The van der Waals surface area contributed by atoms with Gasteiger partial charge in [0.2, 0.25) is 0 Å². The van der Waals surface area contributed by atoms with E-state index in [1.165, 1.54) is 0 Å². The minimum atomic E-state index is 0. The van der Waals surface area contributed by atoms with Gasteiger partial charge in [-0.3, -0.25) is 0 Å². The number of halogens is 1. The van der Waals surface area contributed by atoms with Crippen LogP contribution in [-0.4, -0.2) is 44.0 Å². The quantitative estimate of drug-likeness (QED) is 0.657. The minimum Gasteiger partial charge on any atom is -0.457 e. The van der Waals surface area contributed by atoms with Gasteiger partial charge in [-0.25, -0.2) is 0 Å². The highest BCUT2D eigenvalue weighted by Gasteiger charge is 1.96. The maximum absolute atomic E-state index is 5.06. The Balaban J connectivity index is 0. The third kappa shape index (κ3) is 9.94. The molecular weight excluding hydrogens is 198 g/mol. The summed E-state index contributed by atoms with van der Waals surface area (Å²) in [6.07, 6.45) is 0. The monoisotopic (exact) mass is 213 g/mol. The number of ether oxygens (including phenoxy) is 2. The van der Waals surface area contributed by atoms with Crippen LogP contribution in [-0.2, 0) is 9.47 Å². The van der Waals surface area contributed by atoms with Crippen molar-refractivity contribution in [3.05, 3.63) is 0 Å². The lowest BCUT2D eigenvalue weighted by atomic mass is 10.6. The smallest absolute Gasteiger partial charge is 0.352 e. The van der Waals surface area contributed by atoms with Crippen LogP contribution in [0, 0.1) is 0 Å². The van der Waals surface area contributed by atoms with Crippen molar-refractivity contribution in [3.8, 4) is 0 Å². The van der Waals surface area contributed by atoms with Gasteiger partial charge in [0.1, 0.15) is 6.61 Å². The van der Waals surface area contributed by atoms with Gasteiger partial charge in [0, 0.05) is 18.8 Å². The van der Waals surface area contributed by atoms with Crippen molar-refractivity contribution in [1.82, 2.24) is 4.90 Å². The molecule has 0 N–H and O–H groups in total. The second-order valence-electron chi connectivity index (χ2n) is 2.33. The number of nitrogens with zero attached hydrogens (tertiary/aromatic N) is 1.